The number of nitrogens with two attached hydrogens (primary N) is 1. The first-order chi connectivity index (χ1) is 15.9. The van der Waals surface area contributed by atoms with E-state index in [0.717, 1.165) is 22.0 Å². The van der Waals surface area contributed by atoms with Gasteiger partial charge in [-0.05, 0) is 40.2 Å². The third kappa shape index (κ3) is 5.00. The van der Waals surface area contributed by atoms with Crippen LogP contribution in [0.15, 0.2) is 36.4 Å². The van der Waals surface area contributed by atoms with Crippen LogP contribution in [0.3, 0.4) is 0 Å². The van der Waals surface area contributed by atoms with Crippen molar-refractivity contribution in [2.45, 2.75) is 53.0 Å². The van der Waals surface area contributed by atoms with E-state index < -0.39 is 17.4 Å². The number of rotatable bonds is 4. The third-order valence-electron chi connectivity index (χ3n) is 6.93. The van der Waals surface area contributed by atoms with Gasteiger partial charge in [-0.15, -0.1) is 0 Å². The Bertz CT molecular complexity index is 1070. The maximum atomic E-state index is 13.2. The van der Waals surface area contributed by atoms with E-state index >= 15 is 0 Å². The lowest BCUT2D eigenvalue weighted by Crippen LogP contribution is -2.57. The highest BCUT2D eigenvalue weighted by molar-refractivity contribution is 6.11. The first-order valence-corrected chi connectivity index (χ1v) is 11.7. The number of carbonyl (C=O) groups excluding carboxylic acids is 2. The van der Waals surface area contributed by atoms with Gasteiger partial charge in [-0.2, -0.15) is 0 Å². The molecule has 1 aliphatic heterocycles. The zero-order valence-electron chi connectivity index (χ0n) is 20.8. The summed E-state index contributed by atoms with van der Waals surface area (Å²) in [4.78, 5) is 38.5. The van der Waals surface area contributed by atoms with Gasteiger partial charge in [0.25, 0.3) is 0 Å². The Balaban J connectivity index is 0.000000350. The molecule has 1 fully saturated rings. The van der Waals surface area contributed by atoms with E-state index in [9.17, 15) is 14.4 Å². The van der Waals surface area contributed by atoms with Crippen molar-refractivity contribution in [3.63, 3.8) is 0 Å². The minimum Gasteiger partial charge on any atom is -0.480 e. The van der Waals surface area contributed by atoms with E-state index in [1.54, 1.807) is 21.0 Å². The van der Waals surface area contributed by atoms with Crippen molar-refractivity contribution >= 4 is 34.0 Å². The number of ether oxygens (including phenoxy) is 1. The highest BCUT2D eigenvalue weighted by Crippen LogP contribution is 2.48. The number of aliphatic carboxylic acids is 1. The Labute approximate surface area is 201 Å². The van der Waals surface area contributed by atoms with Gasteiger partial charge in [0.1, 0.15) is 29.8 Å². The van der Waals surface area contributed by atoms with Gasteiger partial charge in [0, 0.05) is 32.2 Å². The van der Waals surface area contributed by atoms with Crippen LogP contribution in [0.5, 0.6) is 0 Å². The van der Waals surface area contributed by atoms with Crippen LogP contribution in [0.2, 0.25) is 0 Å². The SMILES string of the molecule is CC(C)[C@H](N)C(=O)O.COCN1CC2(Cc3c1ccc1ccccc31)C(=O)CC(C)(C)CC2=O. The summed E-state index contributed by atoms with van der Waals surface area (Å²) in [6.07, 6.45) is 1.41. The molecule has 1 spiro atoms. The van der Waals surface area contributed by atoms with Crippen LogP contribution in [0.25, 0.3) is 10.8 Å². The van der Waals surface area contributed by atoms with Crippen molar-refractivity contribution in [3.05, 3.63) is 42.0 Å². The van der Waals surface area contributed by atoms with E-state index in [1.807, 2.05) is 26.0 Å². The molecule has 1 atom stereocenters. The maximum absolute atomic E-state index is 13.2. The number of carbonyl (C=O) groups is 3. The molecule has 1 aliphatic carbocycles. The van der Waals surface area contributed by atoms with Gasteiger partial charge in [-0.1, -0.05) is 58.0 Å². The number of methoxy groups -OCH3 is 1. The number of ketones is 2. The molecule has 2 aromatic rings. The van der Waals surface area contributed by atoms with Crippen LogP contribution in [0.4, 0.5) is 5.69 Å². The fourth-order valence-corrected chi connectivity index (χ4v) is 4.93. The number of Topliss-reactive ketones (excluding diaryl/α,β-unsaturated/α-hetero) is 2. The van der Waals surface area contributed by atoms with Crippen LogP contribution < -0.4 is 10.6 Å². The van der Waals surface area contributed by atoms with Crippen LogP contribution in [-0.4, -0.2) is 49.1 Å². The minimum atomic E-state index is -0.939. The summed E-state index contributed by atoms with van der Waals surface area (Å²) < 4.78 is 5.40. The Hall–Kier alpha value is -2.77. The first kappa shape index (κ1) is 25.8. The van der Waals surface area contributed by atoms with Crippen molar-refractivity contribution < 1.29 is 24.2 Å². The molecular weight excluding hydrogens is 432 g/mol. The lowest BCUT2D eigenvalue weighted by molar-refractivity contribution is -0.148. The highest BCUT2D eigenvalue weighted by atomic mass is 16.5. The van der Waals surface area contributed by atoms with Crippen molar-refractivity contribution in [3.8, 4) is 0 Å². The van der Waals surface area contributed by atoms with Crippen molar-refractivity contribution in [2.75, 3.05) is 25.3 Å². The van der Waals surface area contributed by atoms with Gasteiger partial charge in [-0.25, -0.2) is 0 Å². The number of anilines is 1. The molecule has 0 unspecified atom stereocenters. The van der Waals surface area contributed by atoms with Crippen LogP contribution in [0.1, 0.15) is 46.1 Å². The Morgan fingerprint density at radius 3 is 2.24 bits per heavy atom. The lowest BCUT2D eigenvalue weighted by atomic mass is 9.60. The predicted molar refractivity (Wildman–Crippen MR) is 133 cm³/mol. The summed E-state index contributed by atoms with van der Waals surface area (Å²) in [7, 11) is 1.65. The van der Waals surface area contributed by atoms with Crippen molar-refractivity contribution in [2.24, 2.45) is 22.5 Å². The Kier molecular flexibility index (Phi) is 7.48. The van der Waals surface area contributed by atoms with E-state index in [2.05, 4.69) is 29.2 Å². The number of fused-ring (bicyclic) bond motifs is 3. The number of benzene rings is 2. The summed E-state index contributed by atoms with van der Waals surface area (Å²) in [5, 5.41) is 10.5. The summed E-state index contributed by atoms with van der Waals surface area (Å²) in [6.45, 7) is 8.36. The van der Waals surface area contributed by atoms with Crippen LogP contribution >= 0.6 is 0 Å². The van der Waals surface area contributed by atoms with Gasteiger partial charge >= 0.3 is 5.97 Å². The number of carboxylic acid groups (broad SMARTS) is 1. The Morgan fingerprint density at radius 2 is 1.71 bits per heavy atom. The molecule has 184 valence electrons. The number of hydrogen-bond acceptors (Lipinski definition) is 6. The summed E-state index contributed by atoms with van der Waals surface area (Å²) in [6, 6.07) is 11.7. The fraction of sp³-hybridized carbons (Fsp3) is 0.519. The smallest absolute Gasteiger partial charge is 0.320 e. The molecule has 4 rings (SSSR count). The molecular formula is C27H36N2O5. The molecule has 0 amide bonds. The molecule has 0 aromatic heterocycles. The molecule has 0 bridgehead atoms. The summed E-state index contributed by atoms with van der Waals surface area (Å²) in [5.41, 5.74) is 6.14. The highest BCUT2D eigenvalue weighted by Gasteiger charge is 2.54. The second kappa shape index (κ2) is 9.84. The van der Waals surface area contributed by atoms with E-state index in [0.29, 0.717) is 32.5 Å². The standard InChI is InChI=1S/C22H25NO3.C5H11NO2/c1-21(2)11-19(24)22(20(25)12-21)10-17-16-7-5-4-6-15(16)8-9-18(17)23(13-22)14-26-3;1-3(2)4(6)5(7)8/h4-9H,10-14H2,1-3H3;3-4H,6H2,1-2H3,(H,7,8)/t;4-/m.0/s1. The average molecular weight is 469 g/mol. The number of carboxylic acids is 1. The zero-order chi connectivity index (χ0) is 25.3. The molecule has 2 aromatic carbocycles. The van der Waals surface area contributed by atoms with Gasteiger partial charge in [0.2, 0.25) is 0 Å². The monoisotopic (exact) mass is 468 g/mol. The average Bonchev–Trinajstić information content (AvgIpc) is 2.77. The molecule has 7 heteroatoms. The lowest BCUT2D eigenvalue weighted by Gasteiger charge is -2.47. The van der Waals surface area contributed by atoms with Crippen LogP contribution in [-0.2, 0) is 25.5 Å². The minimum absolute atomic E-state index is 0.0208. The molecule has 1 heterocycles. The van der Waals surface area contributed by atoms with Crippen molar-refractivity contribution in [1.29, 1.82) is 0 Å². The number of hydrogen-bond donors (Lipinski definition) is 2. The van der Waals surface area contributed by atoms with E-state index in [1.165, 1.54) is 0 Å². The van der Waals surface area contributed by atoms with Gasteiger partial charge < -0.3 is 20.5 Å². The maximum Gasteiger partial charge on any atom is 0.320 e. The first-order valence-electron chi connectivity index (χ1n) is 11.7. The largest absolute Gasteiger partial charge is 0.480 e. The predicted octanol–water partition coefficient (Wildman–Crippen LogP) is 3.81. The third-order valence-corrected chi connectivity index (χ3v) is 6.93. The summed E-state index contributed by atoms with van der Waals surface area (Å²) >= 11 is 0. The van der Waals surface area contributed by atoms with E-state index in [-0.39, 0.29) is 22.9 Å². The molecule has 7 nitrogen and oxygen atoms in total. The molecule has 3 N–H and O–H groups in total. The molecule has 0 saturated heterocycles. The number of nitrogens with zero attached hydrogens (tertiary/aromatic N) is 1. The fourth-order valence-electron chi connectivity index (χ4n) is 4.93. The quantitative estimate of drug-likeness (QED) is 0.657. The molecule has 34 heavy (non-hydrogen) atoms. The van der Waals surface area contributed by atoms with Crippen molar-refractivity contribution in [1.82, 2.24) is 0 Å². The normalized spacial score (nSPS) is 19.6. The molecule has 2 aliphatic rings. The molecule has 1 saturated carbocycles. The summed E-state index contributed by atoms with van der Waals surface area (Å²) in [5.74, 6) is -0.746. The van der Waals surface area contributed by atoms with Crippen LogP contribution in [0, 0.1) is 16.7 Å². The van der Waals surface area contributed by atoms with E-state index in [4.69, 9.17) is 15.6 Å². The zero-order valence-corrected chi connectivity index (χ0v) is 20.8. The topological polar surface area (TPSA) is 110 Å². The molecule has 0 radical (unpaired) electrons. The van der Waals surface area contributed by atoms with Gasteiger partial charge in [0.05, 0.1) is 0 Å². The van der Waals surface area contributed by atoms with Gasteiger partial charge in [-0.3, -0.25) is 14.4 Å². The Morgan fingerprint density at radius 1 is 1.09 bits per heavy atom. The second-order valence-corrected chi connectivity index (χ2v) is 10.6. The second-order valence-electron chi connectivity index (χ2n) is 10.6. The van der Waals surface area contributed by atoms with Gasteiger partial charge in [0.15, 0.2) is 0 Å².